The molecule has 0 amide bonds. The highest BCUT2D eigenvalue weighted by molar-refractivity contribution is 8.14. The van der Waals surface area contributed by atoms with Gasteiger partial charge in [0, 0.05) is 5.25 Å². The van der Waals surface area contributed by atoms with E-state index in [1.54, 1.807) is 11.8 Å². The monoisotopic (exact) mass is 158 g/mol. The number of rotatable bonds is 2. The van der Waals surface area contributed by atoms with Gasteiger partial charge in [-0.2, -0.15) is 0 Å². The van der Waals surface area contributed by atoms with E-state index in [1.165, 1.54) is 12.8 Å². The molecule has 1 rings (SSSR count). The van der Waals surface area contributed by atoms with Crippen LogP contribution in [0.3, 0.4) is 0 Å². The van der Waals surface area contributed by atoms with E-state index < -0.39 is 0 Å². The lowest BCUT2D eigenvalue weighted by Gasteiger charge is -2.08. The third-order valence-electron chi connectivity index (χ3n) is 1.73. The Kier molecular flexibility index (Phi) is 2.60. The van der Waals surface area contributed by atoms with Crippen LogP contribution in [0.4, 0.5) is 0 Å². The van der Waals surface area contributed by atoms with Crippen molar-refractivity contribution in [2.75, 3.05) is 0 Å². The summed E-state index contributed by atoms with van der Waals surface area (Å²) in [5.41, 5.74) is 5.56. The van der Waals surface area contributed by atoms with Crippen LogP contribution in [-0.4, -0.2) is 16.5 Å². The van der Waals surface area contributed by atoms with Crippen LogP contribution < -0.4 is 5.73 Å². The molecule has 0 aliphatic carbocycles. The van der Waals surface area contributed by atoms with Gasteiger partial charge in [0.25, 0.3) is 0 Å². The first kappa shape index (κ1) is 7.92. The van der Waals surface area contributed by atoms with Crippen LogP contribution in [0.5, 0.6) is 0 Å². The fraction of sp³-hybridized carbons (Fsp3) is 0.857. The summed E-state index contributed by atoms with van der Waals surface area (Å²) in [4.78, 5) is 4.32. The van der Waals surface area contributed by atoms with Crippen LogP contribution in [0.15, 0.2) is 4.99 Å². The summed E-state index contributed by atoms with van der Waals surface area (Å²) in [6, 6.07) is 0.481. The summed E-state index contributed by atoms with van der Waals surface area (Å²) in [5.74, 6) is 0. The highest BCUT2D eigenvalue weighted by atomic mass is 32.2. The molecule has 1 aliphatic heterocycles. The van der Waals surface area contributed by atoms with Crippen LogP contribution >= 0.6 is 11.8 Å². The first-order chi connectivity index (χ1) is 4.74. The Labute approximate surface area is 66.3 Å². The molecule has 0 saturated carbocycles. The Hall–Kier alpha value is -0.180. The molecule has 2 nitrogen and oxygen atoms in total. The lowest BCUT2D eigenvalue weighted by atomic mass is 10.1. The van der Waals surface area contributed by atoms with Crippen LogP contribution in [0, 0.1) is 0 Å². The molecule has 0 unspecified atom stereocenters. The molecule has 0 aromatic carbocycles. The predicted molar refractivity (Wildman–Crippen MR) is 47.4 cm³/mol. The molecule has 3 heteroatoms. The maximum absolute atomic E-state index is 5.56. The standard InChI is InChI=1S/C7H14N2S/c1-3-4-6-5(2)10-7(8)9-6/h5-6H,3-4H2,1-2H3,(H2,8,9)/t5-,6+/m1/s1. The molecular formula is C7H14N2S. The lowest BCUT2D eigenvalue weighted by molar-refractivity contribution is 0.609. The Bertz CT molecular complexity index is 145. The van der Waals surface area contributed by atoms with Crippen molar-refractivity contribution in [1.82, 2.24) is 0 Å². The van der Waals surface area contributed by atoms with Crippen LogP contribution in [0.25, 0.3) is 0 Å². The molecule has 1 heterocycles. The summed E-state index contributed by atoms with van der Waals surface area (Å²) in [7, 11) is 0. The molecule has 2 atom stereocenters. The maximum Gasteiger partial charge on any atom is 0.154 e. The Morgan fingerprint density at radius 2 is 2.40 bits per heavy atom. The molecule has 0 aromatic heterocycles. The Balaban J connectivity index is 2.44. The normalized spacial score (nSPS) is 32.4. The average molecular weight is 158 g/mol. The van der Waals surface area contributed by atoms with E-state index in [0.717, 1.165) is 5.17 Å². The van der Waals surface area contributed by atoms with Crippen molar-refractivity contribution in [3.05, 3.63) is 0 Å². The predicted octanol–water partition coefficient (Wildman–Crippen LogP) is 1.61. The third-order valence-corrected chi connectivity index (χ3v) is 2.76. The minimum absolute atomic E-state index is 0.481. The quantitative estimate of drug-likeness (QED) is 0.663. The van der Waals surface area contributed by atoms with Gasteiger partial charge in [0.1, 0.15) is 0 Å². The minimum atomic E-state index is 0.481. The van der Waals surface area contributed by atoms with Crippen LogP contribution in [0.1, 0.15) is 26.7 Å². The second-order valence-corrected chi connectivity index (χ2v) is 4.04. The number of nitrogens with two attached hydrogens (primary N) is 1. The molecule has 0 spiro atoms. The Morgan fingerprint density at radius 1 is 1.70 bits per heavy atom. The average Bonchev–Trinajstić information content (AvgIpc) is 2.13. The second kappa shape index (κ2) is 3.28. The molecular weight excluding hydrogens is 144 g/mol. The van der Waals surface area contributed by atoms with Gasteiger partial charge in [-0.3, -0.25) is 4.99 Å². The fourth-order valence-electron chi connectivity index (χ4n) is 1.16. The molecule has 0 saturated heterocycles. The number of nitrogens with zero attached hydrogens (tertiary/aromatic N) is 1. The summed E-state index contributed by atoms with van der Waals surface area (Å²) < 4.78 is 0. The van der Waals surface area contributed by atoms with Gasteiger partial charge in [-0.15, -0.1) is 0 Å². The molecule has 1 aliphatic rings. The van der Waals surface area contributed by atoms with Gasteiger partial charge in [0.15, 0.2) is 5.17 Å². The smallest absolute Gasteiger partial charge is 0.154 e. The number of hydrogen-bond acceptors (Lipinski definition) is 3. The van der Waals surface area contributed by atoms with Crippen molar-refractivity contribution in [3.63, 3.8) is 0 Å². The zero-order chi connectivity index (χ0) is 7.56. The largest absolute Gasteiger partial charge is 0.379 e. The lowest BCUT2D eigenvalue weighted by Crippen LogP contribution is -2.12. The van der Waals surface area contributed by atoms with Gasteiger partial charge in [0.2, 0.25) is 0 Å². The zero-order valence-electron chi connectivity index (χ0n) is 6.50. The summed E-state index contributed by atoms with van der Waals surface area (Å²) >= 11 is 1.70. The van der Waals surface area contributed by atoms with Crippen LogP contribution in [0.2, 0.25) is 0 Å². The molecule has 0 fully saturated rings. The van der Waals surface area contributed by atoms with Gasteiger partial charge < -0.3 is 5.73 Å². The van der Waals surface area contributed by atoms with Gasteiger partial charge in [-0.25, -0.2) is 0 Å². The molecule has 0 aromatic rings. The van der Waals surface area contributed by atoms with E-state index in [-0.39, 0.29) is 0 Å². The van der Waals surface area contributed by atoms with Gasteiger partial charge in [-0.1, -0.05) is 32.0 Å². The van der Waals surface area contributed by atoms with E-state index in [9.17, 15) is 0 Å². The van der Waals surface area contributed by atoms with Gasteiger partial charge in [-0.05, 0) is 6.42 Å². The fourth-order valence-corrected chi connectivity index (χ4v) is 2.09. The van der Waals surface area contributed by atoms with Crippen molar-refractivity contribution < 1.29 is 0 Å². The van der Waals surface area contributed by atoms with Crippen LogP contribution in [-0.2, 0) is 0 Å². The van der Waals surface area contributed by atoms with E-state index in [2.05, 4.69) is 18.8 Å². The van der Waals surface area contributed by atoms with Crippen molar-refractivity contribution in [2.45, 2.75) is 38.0 Å². The first-order valence-corrected chi connectivity index (χ1v) is 4.62. The summed E-state index contributed by atoms with van der Waals surface area (Å²) in [6.45, 7) is 4.37. The minimum Gasteiger partial charge on any atom is -0.379 e. The van der Waals surface area contributed by atoms with Crippen molar-refractivity contribution in [2.24, 2.45) is 10.7 Å². The van der Waals surface area contributed by atoms with E-state index >= 15 is 0 Å². The van der Waals surface area contributed by atoms with Gasteiger partial charge in [0.05, 0.1) is 6.04 Å². The molecule has 58 valence electrons. The zero-order valence-corrected chi connectivity index (χ0v) is 7.32. The molecule has 10 heavy (non-hydrogen) atoms. The van der Waals surface area contributed by atoms with E-state index in [4.69, 9.17) is 5.73 Å². The summed E-state index contributed by atoms with van der Waals surface area (Å²) in [5, 5.41) is 1.37. The second-order valence-electron chi connectivity index (χ2n) is 2.65. The maximum atomic E-state index is 5.56. The SMILES string of the molecule is CCC[C@@H]1N=C(N)S[C@@H]1C. The van der Waals surface area contributed by atoms with Crippen molar-refractivity contribution in [3.8, 4) is 0 Å². The van der Waals surface area contributed by atoms with E-state index in [1.807, 2.05) is 0 Å². The molecule has 2 N–H and O–H groups in total. The Morgan fingerprint density at radius 3 is 2.80 bits per heavy atom. The van der Waals surface area contributed by atoms with Crippen molar-refractivity contribution in [1.29, 1.82) is 0 Å². The molecule has 0 radical (unpaired) electrons. The highest BCUT2D eigenvalue weighted by Gasteiger charge is 2.23. The first-order valence-electron chi connectivity index (χ1n) is 3.74. The highest BCUT2D eigenvalue weighted by Crippen LogP contribution is 2.26. The molecule has 0 bridgehead atoms. The number of thioether (sulfide) groups is 1. The van der Waals surface area contributed by atoms with Crippen molar-refractivity contribution >= 4 is 16.9 Å². The van der Waals surface area contributed by atoms with E-state index in [0.29, 0.717) is 11.3 Å². The number of aliphatic imine (C=N–C) groups is 1. The number of hydrogen-bond donors (Lipinski definition) is 1. The summed E-state index contributed by atoms with van der Waals surface area (Å²) in [6.07, 6.45) is 2.38. The third kappa shape index (κ3) is 1.66. The topological polar surface area (TPSA) is 38.4 Å². The number of amidine groups is 1. The van der Waals surface area contributed by atoms with Gasteiger partial charge >= 0.3 is 0 Å².